The topological polar surface area (TPSA) is 105 Å². The van der Waals surface area contributed by atoms with Gasteiger partial charge in [0.15, 0.2) is 0 Å². The van der Waals surface area contributed by atoms with Gasteiger partial charge in [0.25, 0.3) is 0 Å². The van der Waals surface area contributed by atoms with Crippen LogP contribution in [0.3, 0.4) is 0 Å². The van der Waals surface area contributed by atoms with E-state index < -0.39 is 28.5 Å². The van der Waals surface area contributed by atoms with Crippen LogP contribution in [0.2, 0.25) is 5.02 Å². The smallest absolute Gasteiger partial charge is 0.244 e. The van der Waals surface area contributed by atoms with Crippen molar-refractivity contribution in [2.45, 2.75) is 57.7 Å². The Morgan fingerprint density at radius 1 is 1.08 bits per heavy atom. The third-order valence-corrected chi connectivity index (χ3v) is 8.07. The number of amides is 2. The lowest BCUT2D eigenvalue weighted by atomic mass is 10.1. The summed E-state index contributed by atoms with van der Waals surface area (Å²) in [6.45, 7) is 1.42. The van der Waals surface area contributed by atoms with E-state index in [0.717, 1.165) is 41.8 Å². The highest BCUT2D eigenvalue weighted by Crippen LogP contribution is 2.34. The summed E-state index contributed by atoms with van der Waals surface area (Å²) in [5, 5.41) is 3.63. The van der Waals surface area contributed by atoms with E-state index in [1.165, 1.54) is 25.2 Å². The minimum atomic E-state index is -3.92. The van der Waals surface area contributed by atoms with Gasteiger partial charge in [0.2, 0.25) is 21.8 Å². The van der Waals surface area contributed by atoms with Crippen molar-refractivity contribution in [3.05, 3.63) is 53.1 Å². The van der Waals surface area contributed by atoms with E-state index in [1.54, 1.807) is 36.4 Å². The Morgan fingerprint density at radius 3 is 2.29 bits per heavy atom. The van der Waals surface area contributed by atoms with Crippen molar-refractivity contribution >= 4 is 39.1 Å². The number of ether oxygens (including phenoxy) is 2. The molecule has 11 heteroatoms. The zero-order valence-corrected chi connectivity index (χ0v) is 23.8. The quantitative estimate of drug-likeness (QED) is 0.417. The second-order valence-corrected chi connectivity index (χ2v) is 11.7. The maximum Gasteiger partial charge on any atom is 0.244 e. The number of hydrogen-bond acceptors (Lipinski definition) is 6. The standard InChI is InChI=1S/C27H36ClN3O6S/c1-5-23(27(33)29-21-8-6-7-9-21)30(17-19-10-12-20(28)13-11-19)26(32)18-31(38(4,34)35)24-16-22(36-2)14-15-25(24)37-3/h10-16,21,23H,5-9,17-18H2,1-4H3,(H,29,33)/t23-/m0/s1. The summed E-state index contributed by atoms with van der Waals surface area (Å²) < 4.78 is 37.5. The second-order valence-electron chi connectivity index (χ2n) is 9.37. The van der Waals surface area contributed by atoms with E-state index >= 15 is 0 Å². The van der Waals surface area contributed by atoms with Gasteiger partial charge < -0.3 is 19.7 Å². The first-order valence-corrected chi connectivity index (χ1v) is 14.8. The molecule has 0 aliphatic heterocycles. The van der Waals surface area contributed by atoms with Gasteiger partial charge in [0.05, 0.1) is 26.2 Å². The number of rotatable bonds is 12. The number of carbonyl (C=O) groups is 2. The van der Waals surface area contributed by atoms with Gasteiger partial charge in [0.1, 0.15) is 24.1 Å². The van der Waals surface area contributed by atoms with Gasteiger partial charge in [0, 0.05) is 23.7 Å². The van der Waals surface area contributed by atoms with Crippen LogP contribution in [-0.2, 0) is 26.2 Å². The van der Waals surface area contributed by atoms with Crippen molar-refractivity contribution in [1.29, 1.82) is 0 Å². The van der Waals surface area contributed by atoms with Gasteiger partial charge in [-0.2, -0.15) is 0 Å². The molecule has 0 saturated heterocycles. The normalized spacial score (nSPS) is 14.6. The summed E-state index contributed by atoms with van der Waals surface area (Å²) in [4.78, 5) is 28.7. The molecule has 1 saturated carbocycles. The summed E-state index contributed by atoms with van der Waals surface area (Å²) in [6.07, 6.45) is 5.31. The predicted octanol–water partition coefficient (Wildman–Crippen LogP) is 3.99. The van der Waals surface area contributed by atoms with E-state index in [1.807, 2.05) is 6.92 Å². The van der Waals surface area contributed by atoms with Crippen LogP contribution >= 0.6 is 11.6 Å². The van der Waals surface area contributed by atoms with Crippen molar-refractivity contribution in [2.75, 3.05) is 31.3 Å². The van der Waals surface area contributed by atoms with Gasteiger partial charge in [-0.15, -0.1) is 0 Å². The molecule has 0 spiro atoms. The molecule has 1 fully saturated rings. The van der Waals surface area contributed by atoms with Crippen molar-refractivity contribution in [3.63, 3.8) is 0 Å². The summed E-state index contributed by atoms with van der Waals surface area (Å²) in [5.74, 6) is -0.100. The lowest BCUT2D eigenvalue weighted by Crippen LogP contribution is -2.53. The number of benzene rings is 2. The third kappa shape index (κ3) is 7.54. The molecular formula is C27H36ClN3O6S. The van der Waals surface area contributed by atoms with Crippen LogP contribution in [0.25, 0.3) is 0 Å². The third-order valence-electron chi connectivity index (χ3n) is 6.69. The van der Waals surface area contributed by atoms with E-state index in [2.05, 4.69) is 5.32 Å². The molecule has 1 aliphatic rings. The lowest BCUT2D eigenvalue weighted by molar-refractivity contribution is -0.140. The molecule has 3 rings (SSSR count). The van der Waals surface area contributed by atoms with Gasteiger partial charge in [-0.25, -0.2) is 8.42 Å². The first-order valence-electron chi connectivity index (χ1n) is 12.6. The molecular weight excluding hydrogens is 530 g/mol. The lowest BCUT2D eigenvalue weighted by Gasteiger charge is -2.33. The molecule has 2 aromatic carbocycles. The fourth-order valence-corrected chi connectivity index (χ4v) is 5.63. The molecule has 9 nitrogen and oxygen atoms in total. The van der Waals surface area contributed by atoms with E-state index in [9.17, 15) is 18.0 Å². The number of hydrogen-bond donors (Lipinski definition) is 1. The summed E-state index contributed by atoms with van der Waals surface area (Å²) in [5.41, 5.74) is 0.928. The minimum Gasteiger partial charge on any atom is -0.497 e. The molecule has 1 atom stereocenters. The Balaban J connectivity index is 1.97. The van der Waals surface area contributed by atoms with Gasteiger partial charge >= 0.3 is 0 Å². The molecule has 38 heavy (non-hydrogen) atoms. The second kappa shape index (κ2) is 13.2. The first kappa shape index (κ1) is 29.6. The molecule has 0 aromatic heterocycles. The van der Waals surface area contributed by atoms with Crippen LogP contribution < -0.4 is 19.1 Å². The van der Waals surface area contributed by atoms with E-state index in [-0.39, 0.29) is 29.9 Å². The molecule has 1 aliphatic carbocycles. The fourth-order valence-electron chi connectivity index (χ4n) is 4.66. The number of nitrogens with zero attached hydrogens (tertiary/aromatic N) is 2. The number of anilines is 1. The monoisotopic (exact) mass is 565 g/mol. The molecule has 2 amide bonds. The maximum absolute atomic E-state index is 13.9. The highest BCUT2D eigenvalue weighted by atomic mass is 35.5. The largest absolute Gasteiger partial charge is 0.497 e. The van der Waals surface area contributed by atoms with Crippen LogP contribution in [0.1, 0.15) is 44.6 Å². The van der Waals surface area contributed by atoms with Gasteiger partial charge in [-0.05, 0) is 49.1 Å². The number of methoxy groups -OCH3 is 2. The molecule has 0 radical (unpaired) electrons. The number of halogens is 1. The molecule has 0 bridgehead atoms. The van der Waals surface area contributed by atoms with Crippen LogP contribution in [0, 0.1) is 0 Å². The Kier molecular flexibility index (Phi) is 10.3. The van der Waals surface area contributed by atoms with E-state index in [4.69, 9.17) is 21.1 Å². The molecule has 208 valence electrons. The van der Waals surface area contributed by atoms with Gasteiger partial charge in [-0.3, -0.25) is 13.9 Å². The zero-order chi connectivity index (χ0) is 27.9. The average molecular weight is 566 g/mol. The summed E-state index contributed by atoms with van der Waals surface area (Å²) in [6, 6.07) is 11.0. The van der Waals surface area contributed by atoms with Crippen LogP contribution in [-0.4, -0.2) is 64.2 Å². The average Bonchev–Trinajstić information content (AvgIpc) is 3.40. The summed E-state index contributed by atoms with van der Waals surface area (Å²) in [7, 11) is -1.04. The molecule has 0 heterocycles. The zero-order valence-electron chi connectivity index (χ0n) is 22.3. The van der Waals surface area contributed by atoms with Gasteiger partial charge in [-0.1, -0.05) is 43.5 Å². The molecule has 1 N–H and O–H groups in total. The van der Waals surface area contributed by atoms with E-state index in [0.29, 0.717) is 17.2 Å². The van der Waals surface area contributed by atoms with Crippen LogP contribution in [0.4, 0.5) is 5.69 Å². The van der Waals surface area contributed by atoms with Crippen LogP contribution in [0.15, 0.2) is 42.5 Å². The summed E-state index contributed by atoms with van der Waals surface area (Å²) >= 11 is 6.05. The van der Waals surface area contributed by atoms with Crippen molar-refractivity contribution in [2.24, 2.45) is 0 Å². The Labute approximate surface area is 230 Å². The highest BCUT2D eigenvalue weighted by Gasteiger charge is 2.33. The Hall–Kier alpha value is -2.98. The number of carbonyl (C=O) groups excluding carboxylic acids is 2. The van der Waals surface area contributed by atoms with Crippen molar-refractivity contribution < 1.29 is 27.5 Å². The molecule has 0 unspecified atom stereocenters. The maximum atomic E-state index is 13.9. The van der Waals surface area contributed by atoms with Crippen molar-refractivity contribution in [1.82, 2.24) is 10.2 Å². The fraction of sp³-hybridized carbons (Fsp3) is 0.481. The minimum absolute atomic E-state index is 0.0811. The Morgan fingerprint density at radius 2 is 1.74 bits per heavy atom. The van der Waals surface area contributed by atoms with Crippen LogP contribution in [0.5, 0.6) is 11.5 Å². The number of nitrogens with one attached hydrogen (secondary N) is 1. The Bertz CT molecular complexity index is 1220. The van der Waals surface area contributed by atoms with Crippen molar-refractivity contribution in [3.8, 4) is 11.5 Å². The SMILES string of the molecule is CC[C@@H](C(=O)NC1CCCC1)N(Cc1ccc(Cl)cc1)C(=O)CN(c1cc(OC)ccc1OC)S(C)(=O)=O. The molecule has 2 aromatic rings. The number of sulfonamides is 1. The predicted molar refractivity (Wildman–Crippen MR) is 148 cm³/mol. The highest BCUT2D eigenvalue weighted by molar-refractivity contribution is 7.92. The first-order chi connectivity index (χ1) is 18.1.